The van der Waals surface area contributed by atoms with Gasteiger partial charge in [0.1, 0.15) is 5.25 Å². The predicted octanol–water partition coefficient (Wildman–Crippen LogP) is 2.76. The third-order valence-corrected chi connectivity index (χ3v) is 2.83. The number of benzene rings is 1. The maximum absolute atomic E-state index is 11.2. The molecule has 0 saturated carbocycles. The van der Waals surface area contributed by atoms with E-state index in [4.69, 9.17) is 13.0 Å². The zero-order valence-electron chi connectivity index (χ0n) is 10.7. The molecule has 0 aliphatic carbocycles. The number of rotatable bonds is 1. The summed E-state index contributed by atoms with van der Waals surface area (Å²) in [5.74, 6) is -0.221. The van der Waals surface area contributed by atoms with E-state index in [1.54, 1.807) is 0 Å². The van der Waals surface area contributed by atoms with Crippen molar-refractivity contribution in [2.24, 2.45) is 0 Å². The van der Waals surface area contributed by atoms with E-state index in [9.17, 15) is 9.59 Å². The molecule has 6 nitrogen and oxygen atoms in total. The highest BCUT2D eigenvalue weighted by Crippen LogP contribution is 2.33. The largest absolute Gasteiger partial charge is 0.353 e. The number of thioether (sulfide) groups is 1. The van der Waals surface area contributed by atoms with Gasteiger partial charge in [-0.2, -0.15) is 8.42 Å². The van der Waals surface area contributed by atoms with Crippen LogP contribution >= 0.6 is 22.4 Å². The topological polar surface area (TPSA) is 101 Å². The molecule has 1 aliphatic heterocycles. The first kappa shape index (κ1) is 18.9. The lowest BCUT2D eigenvalue weighted by atomic mass is 10.1. The number of amides is 2. The summed E-state index contributed by atoms with van der Waals surface area (Å²) in [5, 5.41) is 1.62. The van der Waals surface area contributed by atoms with Crippen LogP contribution in [0.2, 0.25) is 0 Å². The molecule has 2 amide bonds. The molecule has 1 aliphatic rings. The van der Waals surface area contributed by atoms with Crippen molar-refractivity contribution in [2.75, 3.05) is 0 Å². The van der Waals surface area contributed by atoms with Crippen LogP contribution in [0.4, 0.5) is 4.79 Å². The molecule has 20 heavy (non-hydrogen) atoms. The van der Waals surface area contributed by atoms with Gasteiger partial charge in [0.15, 0.2) is 0 Å². The van der Waals surface area contributed by atoms with Crippen LogP contribution in [0.15, 0.2) is 30.3 Å². The van der Waals surface area contributed by atoms with Gasteiger partial charge in [0.05, 0.1) is 0 Å². The van der Waals surface area contributed by atoms with Gasteiger partial charge >= 0.3 is 9.33 Å². The maximum Gasteiger partial charge on any atom is 0.353 e. The molecule has 0 bridgehead atoms. The first-order valence-electron chi connectivity index (χ1n) is 5.51. The summed E-state index contributed by atoms with van der Waals surface area (Å²) in [6.07, 6.45) is 0. The molecule has 1 unspecified atom stereocenters. The average molecular weight is 340 g/mol. The van der Waals surface area contributed by atoms with E-state index in [1.165, 1.54) is 0 Å². The van der Waals surface area contributed by atoms with Crippen molar-refractivity contribution in [3.63, 3.8) is 0 Å². The second-order valence-corrected chi connectivity index (χ2v) is 6.17. The van der Waals surface area contributed by atoms with Crippen LogP contribution in [0.25, 0.3) is 0 Å². The van der Waals surface area contributed by atoms with E-state index in [0.717, 1.165) is 17.3 Å². The summed E-state index contributed by atoms with van der Waals surface area (Å²) in [6, 6.07) is 9.27. The van der Waals surface area contributed by atoms with Crippen molar-refractivity contribution in [2.45, 2.75) is 19.1 Å². The van der Waals surface area contributed by atoms with Crippen LogP contribution in [0.5, 0.6) is 0 Å². The fraction of sp³-hybridized carbons (Fsp3) is 0.273. The number of nitrogens with one attached hydrogen (secondary N) is 1. The lowest BCUT2D eigenvalue weighted by Crippen LogP contribution is -2.20. The number of carbonyl (C=O) groups is 2. The van der Waals surface area contributed by atoms with Crippen LogP contribution in [0.3, 0.4) is 0 Å². The molecule has 0 aromatic heterocycles. The number of carbonyl (C=O) groups excluding carboxylic acids is 2. The van der Waals surface area contributed by atoms with E-state index in [0.29, 0.717) is 0 Å². The minimum atomic E-state index is -4.19. The molecule has 0 spiro atoms. The van der Waals surface area contributed by atoms with Gasteiger partial charge in [0.2, 0.25) is 5.91 Å². The number of imide groups is 1. The standard InChI is InChI=1S/C9H7NO2S.C2H6.ClHO3S/c11-8-7(13-9(12)10-8)6-4-2-1-3-5-6;1-2;1-5(2,3)4/h1-5,7H,(H,10,11,12);1-2H3;(H,2,3,4). The second kappa shape index (κ2) is 8.96. The van der Waals surface area contributed by atoms with E-state index < -0.39 is 9.33 Å². The van der Waals surface area contributed by atoms with Crippen molar-refractivity contribution in [1.82, 2.24) is 5.32 Å². The molecule has 1 fully saturated rings. The summed E-state index contributed by atoms with van der Waals surface area (Å²) in [5.41, 5.74) is 0.871. The minimum Gasteiger partial charge on any atom is -0.286 e. The first-order chi connectivity index (χ1) is 9.27. The van der Waals surface area contributed by atoms with Gasteiger partial charge in [-0.25, -0.2) is 0 Å². The Bertz CT molecular complexity index is 539. The SMILES string of the molecule is CC.O=C1NC(=O)C(c2ccccc2)S1.O=S(=O)(O)Cl. The lowest BCUT2D eigenvalue weighted by molar-refractivity contribution is -0.119. The van der Waals surface area contributed by atoms with Crippen LogP contribution in [0, 0.1) is 0 Å². The van der Waals surface area contributed by atoms with Crippen molar-refractivity contribution >= 4 is 42.9 Å². The molecule has 0 radical (unpaired) electrons. The first-order valence-corrected chi connectivity index (χ1v) is 8.65. The van der Waals surface area contributed by atoms with Gasteiger partial charge in [-0.3, -0.25) is 19.5 Å². The summed E-state index contributed by atoms with van der Waals surface area (Å²) in [4.78, 5) is 22.1. The van der Waals surface area contributed by atoms with Crippen molar-refractivity contribution in [3.8, 4) is 0 Å². The molecule has 2 rings (SSSR count). The smallest absolute Gasteiger partial charge is 0.286 e. The third kappa shape index (κ3) is 8.16. The molecule has 1 atom stereocenters. The van der Waals surface area contributed by atoms with Crippen molar-refractivity contribution < 1.29 is 22.6 Å². The molecule has 1 aromatic carbocycles. The van der Waals surface area contributed by atoms with E-state index >= 15 is 0 Å². The van der Waals surface area contributed by atoms with Gasteiger partial charge in [0.25, 0.3) is 5.24 Å². The predicted molar refractivity (Wildman–Crippen MR) is 79.1 cm³/mol. The normalized spacial score (nSPS) is 17.3. The fourth-order valence-electron chi connectivity index (χ4n) is 1.20. The van der Waals surface area contributed by atoms with Gasteiger partial charge in [-0.1, -0.05) is 44.2 Å². The van der Waals surface area contributed by atoms with Gasteiger partial charge < -0.3 is 0 Å². The Morgan fingerprint density at radius 3 is 2.00 bits per heavy atom. The molecular formula is C11H14ClNO5S2. The lowest BCUT2D eigenvalue weighted by Gasteiger charge is -2.03. The fourth-order valence-corrected chi connectivity index (χ4v) is 2.04. The Hall–Kier alpha value is -1.09. The molecule has 1 aromatic rings. The Morgan fingerprint density at radius 2 is 1.65 bits per heavy atom. The molecule has 1 heterocycles. The number of hydrogen-bond acceptors (Lipinski definition) is 5. The Balaban J connectivity index is 0.000000441. The highest BCUT2D eigenvalue weighted by Gasteiger charge is 2.32. The van der Waals surface area contributed by atoms with Crippen LogP contribution in [0.1, 0.15) is 24.7 Å². The van der Waals surface area contributed by atoms with Crippen molar-refractivity contribution in [3.05, 3.63) is 35.9 Å². The molecule has 1 saturated heterocycles. The van der Waals surface area contributed by atoms with E-state index in [2.05, 4.69) is 16.0 Å². The van der Waals surface area contributed by atoms with Crippen LogP contribution < -0.4 is 5.32 Å². The van der Waals surface area contributed by atoms with E-state index in [1.807, 2.05) is 44.2 Å². The van der Waals surface area contributed by atoms with Crippen LogP contribution in [-0.2, 0) is 14.1 Å². The zero-order chi connectivity index (χ0) is 15.8. The minimum absolute atomic E-state index is 0.221. The van der Waals surface area contributed by atoms with Gasteiger partial charge in [0, 0.05) is 10.7 Å². The summed E-state index contributed by atoms with van der Waals surface area (Å²) >= 11 is 1.03. The quantitative estimate of drug-likeness (QED) is 0.602. The van der Waals surface area contributed by atoms with Gasteiger partial charge in [-0.05, 0) is 17.3 Å². The van der Waals surface area contributed by atoms with Crippen LogP contribution in [-0.4, -0.2) is 24.1 Å². The van der Waals surface area contributed by atoms with Crippen molar-refractivity contribution in [1.29, 1.82) is 0 Å². The summed E-state index contributed by atoms with van der Waals surface area (Å²) in [6.45, 7) is 4.00. The summed E-state index contributed by atoms with van der Waals surface area (Å²) in [7, 11) is -0.137. The monoisotopic (exact) mass is 339 g/mol. The molecule has 9 heteroatoms. The Kier molecular flexibility index (Phi) is 8.47. The number of halogens is 1. The maximum atomic E-state index is 11.2. The highest BCUT2D eigenvalue weighted by molar-refractivity contribution is 8.15. The Labute approximate surface area is 126 Å². The number of hydrogen-bond donors (Lipinski definition) is 2. The third-order valence-electron chi connectivity index (χ3n) is 1.79. The van der Waals surface area contributed by atoms with Gasteiger partial charge in [-0.15, -0.1) is 0 Å². The summed E-state index contributed by atoms with van der Waals surface area (Å²) < 4.78 is 25.2. The molecular weight excluding hydrogens is 326 g/mol. The van der Waals surface area contributed by atoms with E-state index in [-0.39, 0.29) is 16.4 Å². The Morgan fingerprint density at radius 1 is 1.20 bits per heavy atom. The average Bonchev–Trinajstić information content (AvgIpc) is 2.70. The zero-order valence-corrected chi connectivity index (χ0v) is 13.1. The second-order valence-electron chi connectivity index (χ2n) is 3.10. The highest BCUT2D eigenvalue weighted by atomic mass is 35.7. The molecule has 2 N–H and O–H groups in total. The molecule has 112 valence electrons.